The first-order chi connectivity index (χ1) is 18.6. The molecule has 0 aliphatic carbocycles. The molecule has 10 nitrogen and oxygen atoms in total. The molecule has 2 saturated heterocycles. The Morgan fingerprint density at radius 1 is 1.02 bits per heavy atom. The SMILES string of the molecule is Cc1noc(C[C@]23COC[C@H]2CN(Cc2ccc4ccccc4n2)C3)n1.O=C(O)C(F)(F)F.O=C(O)C(F)(F)F. The Morgan fingerprint density at radius 2 is 1.65 bits per heavy atom. The fourth-order valence-corrected chi connectivity index (χ4v) is 4.45. The Bertz CT molecular complexity index is 1310. The summed E-state index contributed by atoms with van der Waals surface area (Å²) in [5.41, 5.74) is 2.26. The molecule has 1 aromatic carbocycles. The van der Waals surface area contributed by atoms with E-state index in [0.717, 1.165) is 56.4 Å². The van der Waals surface area contributed by atoms with Crippen LogP contribution < -0.4 is 0 Å². The van der Waals surface area contributed by atoms with E-state index in [1.807, 2.05) is 19.1 Å². The van der Waals surface area contributed by atoms with E-state index in [9.17, 15) is 26.3 Å². The van der Waals surface area contributed by atoms with Crippen LogP contribution in [0.3, 0.4) is 0 Å². The monoisotopic (exact) mass is 578 g/mol. The summed E-state index contributed by atoms with van der Waals surface area (Å²) >= 11 is 0. The summed E-state index contributed by atoms with van der Waals surface area (Å²) < 4.78 is 74.7. The fraction of sp³-hybridized carbons (Fsp3) is 0.458. The predicted molar refractivity (Wildman–Crippen MR) is 124 cm³/mol. The smallest absolute Gasteiger partial charge is 0.475 e. The number of fused-ring (bicyclic) bond motifs is 2. The third-order valence-corrected chi connectivity index (χ3v) is 6.19. The highest BCUT2D eigenvalue weighted by Crippen LogP contribution is 2.44. The van der Waals surface area contributed by atoms with Crippen molar-refractivity contribution >= 4 is 22.8 Å². The van der Waals surface area contributed by atoms with E-state index < -0.39 is 24.3 Å². The van der Waals surface area contributed by atoms with Gasteiger partial charge in [0.15, 0.2) is 5.82 Å². The van der Waals surface area contributed by atoms with E-state index in [0.29, 0.717) is 11.7 Å². The summed E-state index contributed by atoms with van der Waals surface area (Å²) in [6.45, 7) is 6.32. The molecular weight excluding hydrogens is 554 g/mol. The maximum atomic E-state index is 10.6. The molecule has 4 heterocycles. The summed E-state index contributed by atoms with van der Waals surface area (Å²) in [6.07, 6.45) is -9.37. The second-order valence-corrected chi connectivity index (χ2v) is 9.26. The third kappa shape index (κ3) is 8.11. The number of hydrogen-bond donors (Lipinski definition) is 2. The minimum Gasteiger partial charge on any atom is -0.475 e. The molecule has 2 aliphatic heterocycles. The van der Waals surface area contributed by atoms with Crippen molar-refractivity contribution in [3.8, 4) is 0 Å². The van der Waals surface area contributed by atoms with Crippen molar-refractivity contribution in [3.63, 3.8) is 0 Å². The number of carbonyl (C=O) groups is 2. The van der Waals surface area contributed by atoms with Crippen molar-refractivity contribution < 1.29 is 55.4 Å². The Hall–Kier alpha value is -3.79. The minimum absolute atomic E-state index is 0.0792. The van der Waals surface area contributed by atoms with Crippen molar-refractivity contribution in [2.24, 2.45) is 11.3 Å². The molecule has 2 atom stereocenters. The zero-order valence-electron chi connectivity index (χ0n) is 20.9. The Balaban J connectivity index is 0.000000263. The molecular formula is C24H24F6N4O6. The summed E-state index contributed by atoms with van der Waals surface area (Å²) in [5, 5.41) is 19.4. The van der Waals surface area contributed by atoms with Gasteiger partial charge < -0.3 is 19.5 Å². The lowest BCUT2D eigenvalue weighted by molar-refractivity contribution is -0.193. The van der Waals surface area contributed by atoms with Gasteiger partial charge in [-0.2, -0.15) is 31.3 Å². The zero-order chi connectivity index (χ0) is 29.7. The second kappa shape index (κ2) is 12.2. The number of aliphatic carboxylic acids is 2. The maximum absolute atomic E-state index is 10.6. The van der Waals surface area contributed by atoms with Crippen molar-refractivity contribution in [3.05, 3.63) is 53.8 Å². The summed E-state index contributed by atoms with van der Waals surface area (Å²) in [6, 6.07) is 12.6. The number of carboxylic acids is 2. The lowest BCUT2D eigenvalue weighted by Crippen LogP contribution is -2.33. The number of benzene rings is 1. The number of aromatic nitrogens is 3. The van der Waals surface area contributed by atoms with Crippen molar-refractivity contribution in [1.29, 1.82) is 0 Å². The molecule has 0 saturated carbocycles. The second-order valence-electron chi connectivity index (χ2n) is 9.26. The summed E-state index contributed by atoms with van der Waals surface area (Å²) in [5.74, 6) is -3.58. The van der Waals surface area contributed by atoms with E-state index in [-0.39, 0.29) is 5.41 Å². The van der Waals surface area contributed by atoms with E-state index in [1.165, 1.54) is 5.39 Å². The van der Waals surface area contributed by atoms with Crippen molar-refractivity contribution in [1.82, 2.24) is 20.0 Å². The lowest BCUT2D eigenvalue weighted by atomic mass is 9.78. The molecule has 3 aromatic rings. The molecule has 0 bridgehead atoms. The van der Waals surface area contributed by atoms with Crippen LogP contribution in [-0.4, -0.2) is 80.8 Å². The van der Waals surface area contributed by atoms with E-state index in [2.05, 4.69) is 39.3 Å². The molecule has 16 heteroatoms. The van der Waals surface area contributed by atoms with Gasteiger partial charge in [-0.25, -0.2) is 9.59 Å². The van der Waals surface area contributed by atoms with Crippen molar-refractivity contribution in [2.75, 3.05) is 26.3 Å². The molecule has 40 heavy (non-hydrogen) atoms. The molecule has 2 fully saturated rings. The first-order valence-electron chi connectivity index (χ1n) is 11.6. The van der Waals surface area contributed by atoms with Gasteiger partial charge in [0.1, 0.15) is 0 Å². The molecule has 0 radical (unpaired) electrons. The largest absolute Gasteiger partial charge is 0.490 e. The van der Waals surface area contributed by atoms with Gasteiger partial charge in [0.2, 0.25) is 5.89 Å². The van der Waals surface area contributed by atoms with Crippen LogP contribution in [0.2, 0.25) is 0 Å². The Morgan fingerprint density at radius 3 is 2.23 bits per heavy atom. The van der Waals surface area contributed by atoms with Gasteiger partial charge in [-0.15, -0.1) is 0 Å². The number of carboxylic acid groups (broad SMARTS) is 2. The molecule has 218 valence electrons. The van der Waals surface area contributed by atoms with E-state index >= 15 is 0 Å². The van der Waals surface area contributed by atoms with Gasteiger partial charge >= 0.3 is 24.3 Å². The number of aryl methyl sites for hydroxylation is 1. The van der Waals surface area contributed by atoms with Gasteiger partial charge in [-0.3, -0.25) is 9.88 Å². The molecule has 0 amide bonds. The average molecular weight is 578 g/mol. The molecule has 2 aliphatic rings. The van der Waals surface area contributed by atoms with Crippen LogP contribution in [0, 0.1) is 18.3 Å². The van der Waals surface area contributed by atoms with E-state index in [4.69, 9.17) is 34.0 Å². The van der Waals surface area contributed by atoms with Crippen LogP contribution >= 0.6 is 0 Å². The van der Waals surface area contributed by atoms with Gasteiger partial charge in [0.05, 0.1) is 24.4 Å². The van der Waals surface area contributed by atoms with Crippen molar-refractivity contribution in [2.45, 2.75) is 32.2 Å². The number of likely N-dealkylation sites (tertiary alicyclic amines) is 1. The third-order valence-electron chi connectivity index (χ3n) is 6.19. The summed E-state index contributed by atoms with van der Waals surface area (Å²) in [7, 11) is 0. The van der Waals surface area contributed by atoms with Crippen LogP contribution in [0.5, 0.6) is 0 Å². The number of rotatable bonds is 4. The summed E-state index contributed by atoms with van der Waals surface area (Å²) in [4.78, 5) is 29.5. The number of alkyl halides is 6. The van der Waals surface area contributed by atoms with Gasteiger partial charge in [0, 0.05) is 42.8 Å². The number of ether oxygens (including phenoxy) is 1. The lowest BCUT2D eigenvalue weighted by Gasteiger charge is -2.25. The first-order valence-corrected chi connectivity index (χ1v) is 11.6. The normalized spacial score (nSPS) is 20.7. The predicted octanol–water partition coefficient (Wildman–Crippen LogP) is 3.88. The highest BCUT2D eigenvalue weighted by molar-refractivity contribution is 5.78. The molecule has 2 aromatic heterocycles. The highest BCUT2D eigenvalue weighted by Gasteiger charge is 2.51. The van der Waals surface area contributed by atoms with Gasteiger partial charge in [-0.05, 0) is 19.1 Å². The van der Waals surface area contributed by atoms with Crippen LogP contribution in [0.25, 0.3) is 10.9 Å². The number of halogens is 6. The molecule has 0 spiro atoms. The Labute approximate surface area is 222 Å². The number of para-hydroxylation sites is 1. The van der Waals surface area contributed by atoms with E-state index in [1.54, 1.807) is 0 Å². The van der Waals surface area contributed by atoms with Crippen LogP contribution in [-0.2, 0) is 27.3 Å². The topological polar surface area (TPSA) is 139 Å². The maximum Gasteiger partial charge on any atom is 0.490 e. The first kappa shape index (κ1) is 30.7. The van der Waals surface area contributed by atoms with Gasteiger partial charge in [0.25, 0.3) is 0 Å². The number of nitrogens with zero attached hydrogens (tertiary/aromatic N) is 4. The Kier molecular flexibility index (Phi) is 9.35. The zero-order valence-corrected chi connectivity index (χ0v) is 20.9. The quantitative estimate of drug-likeness (QED) is 0.439. The standard InChI is InChI=1S/C20H22N4O2.2C2HF3O2/c1-14-21-19(26-23-14)8-20-12-24(9-16(20)11-25-13-20)10-17-7-6-15-4-2-3-5-18(15)22-17;2*3-2(4,5)1(6)7/h2-7,16H,8-13H2,1H3;2*(H,6,7)/t16-,20+;;/m1../s1. The van der Waals surface area contributed by atoms with Crippen LogP contribution in [0.15, 0.2) is 40.9 Å². The molecule has 0 unspecified atom stereocenters. The number of hydrogen-bond acceptors (Lipinski definition) is 8. The molecule has 2 N–H and O–H groups in total. The minimum atomic E-state index is -5.08. The van der Waals surface area contributed by atoms with Crippen LogP contribution in [0.1, 0.15) is 17.4 Å². The molecule has 5 rings (SSSR count). The van der Waals surface area contributed by atoms with Gasteiger partial charge in [-0.1, -0.05) is 29.4 Å². The highest BCUT2D eigenvalue weighted by atomic mass is 19.4. The average Bonchev–Trinajstić information content (AvgIpc) is 3.52. The van der Waals surface area contributed by atoms with Crippen LogP contribution in [0.4, 0.5) is 26.3 Å². The fourth-order valence-electron chi connectivity index (χ4n) is 4.45. The number of pyridine rings is 1.